The molecule has 1 aliphatic carbocycles. The lowest BCUT2D eigenvalue weighted by Crippen LogP contribution is -2.34. The number of carbonyl (C=O) groups is 1. The van der Waals surface area contributed by atoms with Crippen molar-refractivity contribution in [1.29, 1.82) is 0 Å². The first-order chi connectivity index (χ1) is 11.3. The molecule has 4 nitrogen and oxygen atoms in total. The number of rotatable bonds is 4. The Morgan fingerprint density at radius 2 is 1.96 bits per heavy atom. The molecule has 1 amide bonds. The summed E-state index contributed by atoms with van der Waals surface area (Å²) in [6.45, 7) is 2.61. The van der Waals surface area contributed by atoms with E-state index in [4.69, 9.17) is 4.74 Å². The number of hydrogen-bond acceptors (Lipinski definition) is 3. The van der Waals surface area contributed by atoms with E-state index in [1.54, 1.807) is 4.90 Å². The molecule has 2 fully saturated rings. The van der Waals surface area contributed by atoms with Gasteiger partial charge in [0.25, 0.3) is 0 Å². The van der Waals surface area contributed by atoms with Crippen LogP contribution < -0.4 is 0 Å². The second-order valence-corrected chi connectivity index (χ2v) is 6.35. The molecule has 4 unspecified atom stereocenters. The number of alkyl halides is 3. The summed E-state index contributed by atoms with van der Waals surface area (Å²) in [5.74, 6) is -0.290. The van der Waals surface area contributed by atoms with Crippen molar-refractivity contribution >= 4 is 5.91 Å². The fourth-order valence-corrected chi connectivity index (χ4v) is 3.31. The van der Waals surface area contributed by atoms with Crippen LogP contribution in [0.25, 0.3) is 0 Å². The number of halogens is 3. The Hall–Kier alpha value is -1.60. The molecule has 1 aliphatic heterocycles. The lowest BCUT2D eigenvalue weighted by Gasteiger charge is -2.25. The Morgan fingerprint density at radius 3 is 2.54 bits per heavy atom. The average Bonchev–Trinajstić information content (AvgIpc) is 3.18. The van der Waals surface area contributed by atoms with Gasteiger partial charge in [0.2, 0.25) is 5.91 Å². The molecule has 1 aromatic carbocycles. The van der Waals surface area contributed by atoms with Crippen LogP contribution >= 0.6 is 0 Å². The number of carbonyl (C=O) groups excluding carboxylic acids is 1. The van der Waals surface area contributed by atoms with Crippen molar-refractivity contribution in [2.75, 3.05) is 13.2 Å². The smallest absolute Gasteiger partial charge is 0.391 e. The molecule has 0 bridgehead atoms. The minimum atomic E-state index is -4.39. The second kappa shape index (κ2) is 6.37. The van der Waals surface area contributed by atoms with Crippen molar-refractivity contribution in [2.24, 2.45) is 5.92 Å². The van der Waals surface area contributed by atoms with Crippen LogP contribution in [0.1, 0.15) is 36.9 Å². The third-order valence-corrected chi connectivity index (χ3v) is 4.61. The quantitative estimate of drug-likeness (QED) is 0.915. The normalized spacial score (nSPS) is 29.8. The number of aliphatic hydroxyl groups excluding tert-OH is 1. The predicted molar refractivity (Wildman–Crippen MR) is 80.0 cm³/mol. The minimum Gasteiger partial charge on any atom is -0.391 e. The number of benzene rings is 1. The highest BCUT2D eigenvalue weighted by molar-refractivity contribution is 5.83. The van der Waals surface area contributed by atoms with Crippen molar-refractivity contribution in [3.8, 4) is 0 Å². The van der Waals surface area contributed by atoms with E-state index >= 15 is 0 Å². The highest BCUT2D eigenvalue weighted by Crippen LogP contribution is 2.41. The van der Waals surface area contributed by atoms with Crippen molar-refractivity contribution in [3.63, 3.8) is 0 Å². The van der Waals surface area contributed by atoms with Crippen LogP contribution in [-0.4, -0.2) is 41.3 Å². The highest BCUT2D eigenvalue weighted by Gasteiger charge is 2.49. The molecule has 4 atom stereocenters. The molecule has 0 radical (unpaired) electrons. The highest BCUT2D eigenvalue weighted by atomic mass is 19.4. The fraction of sp³-hybridized carbons (Fsp3) is 0.588. The van der Waals surface area contributed by atoms with Crippen molar-refractivity contribution < 1.29 is 27.8 Å². The Balaban J connectivity index is 1.75. The number of hydrogen-bond donors (Lipinski definition) is 1. The summed E-state index contributed by atoms with van der Waals surface area (Å²) in [4.78, 5) is 14.2. The van der Waals surface area contributed by atoms with Gasteiger partial charge in [-0.25, -0.2) is 0 Å². The van der Waals surface area contributed by atoms with Gasteiger partial charge in [0.05, 0.1) is 29.7 Å². The van der Waals surface area contributed by atoms with E-state index in [2.05, 4.69) is 0 Å². The van der Waals surface area contributed by atoms with Crippen LogP contribution in [0, 0.1) is 5.92 Å². The number of nitrogens with zero attached hydrogens (tertiary/aromatic N) is 1. The average molecular weight is 343 g/mol. The van der Waals surface area contributed by atoms with E-state index in [1.165, 1.54) is 12.1 Å². The first-order valence-electron chi connectivity index (χ1n) is 8.08. The van der Waals surface area contributed by atoms with Gasteiger partial charge >= 0.3 is 6.18 Å². The van der Waals surface area contributed by atoms with E-state index in [9.17, 15) is 23.1 Å². The maximum atomic E-state index is 12.7. The predicted octanol–water partition coefficient (Wildman–Crippen LogP) is 2.76. The lowest BCUT2D eigenvalue weighted by molar-refractivity contribution is -0.138. The van der Waals surface area contributed by atoms with Gasteiger partial charge in [-0.1, -0.05) is 12.1 Å². The number of likely N-dealkylation sites (tertiary alicyclic amines) is 1. The van der Waals surface area contributed by atoms with Crippen molar-refractivity contribution in [1.82, 2.24) is 4.90 Å². The molecule has 1 aromatic rings. The van der Waals surface area contributed by atoms with Crippen molar-refractivity contribution in [2.45, 2.75) is 44.2 Å². The largest absolute Gasteiger partial charge is 0.416 e. The first kappa shape index (κ1) is 17.2. The summed E-state index contributed by atoms with van der Waals surface area (Å²) in [7, 11) is 0. The fourth-order valence-electron chi connectivity index (χ4n) is 3.31. The molecule has 1 heterocycles. The summed E-state index contributed by atoms with van der Waals surface area (Å²) < 4.78 is 43.5. The lowest BCUT2D eigenvalue weighted by atomic mass is 10.0. The summed E-state index contributed by atoms with van der Waals surface area (Å²) in [6.07, 6.45) is -4.12. The Bertz CT molecular complexity index is 602. The molecule has 2 aliphatic rings. The van der Waals surface area contributed by atoms with Gasteiger partial charge in [-0.3, -0.25) is 4.79 Å². The first-order valence-corrected chi connectivity index (χ1v) is 8.08. The van der Waals surface area contributed by atoms with E-state index in [-0.39, 0.29) is 24.5 Å². The third kappa shape index (κ3) is 3.42. The molecule has 132 valence electrons. The number of ether oxygens (including phenoxy) is 1. The maximum Gasteiger partial charge on any atom is 0.416 e. The summed E-state index contributed by atoms with van der Waals surface area (Å²) in [5.41, 5.74) is -0.109. The van der Waals surface area contributed by atoms with Crippen molar-refractivity contribution in [3.05, 3.63) is 35.4 Å². The maximum absolute atomic E-state index is 12.7. The van der Waals surface area contributed by atoms with Crippen LogP contribution in [0.3, 0.4) is 0 Å². The molecule has 1 saturated carbocycles. The summed E-state index contributed by atoms with van der Waals surface area (Å²) in [6, 6.07) is 4.42. The van der Waals surface area contributed by atoms with Gasteiger partial charge in [0.1, 0.15) is 0 Å². The van der Waals surface area contributed by atoms with Gasteiger partial charge in [-0.05, 0) is 37.5 Å². The molecular formula is C17H20F3NO3. The zero-order valence-electron chi connectivity index (χ0n) is 13.3. The van der Waals surface area contributed by atoms with Gasteiger partial charge in [-0.2, -0.15) is 13.2 Å². The van der Waals surface area contributed by atoms with Gasteiger partial charge in [0, 0.05) is 13.2 Å². The van der Waals surface area contributed by atoms with E-state index in [0.717, 1.165) is 12.1 Å². The van der Waals surface area contributed by atoms with Crippen LogP contribution in [0.4, 0.5) is 13.2 Å². The van der Waals surface area contributed by atoms with Gasteiger partial charge < -0.3 is 14.7 Å². The standard InChI is InChI=1S/C17H20F3NO3/c1-2-24-15-8-13(15)16(23)21-9-12(22)7-14(21)10-3-5-11(6-4-10)17(18,19)20/h3-6,12-15,22H,2,7-9H2,1H3. The Labute approximate surface area is 138 Å². The zero-order chi connectivity index (χ0) is 17.5. The number of aliphatic hydroxyl groups is 1. The molecule has 1 saturated heterocycles. The summed E-state index contributed by atoms with van der Waals surface area (Å²) >= 11 is 0. The molecule has 24 heavy (non-hydrogen) atoms. The molecule has 0 aromatic heterocycles. The van der Waals surface area contributed by atoms with Gasteiger partial charge in [-0.15, -0.1) is 0 Å². The van der Waals surface area contributed by atoms with Crippen LogP contribution in [-0.2, 0) is 15.7 Å². The molecular weight excluding hydrogens is 323 g/mol. The van der Waals surface area contributed by atoms with Gasteiger partial charge in [0.15, 0.2) is 0 Å². The minimum absolute atomic E-state index is 0.0755. The Morgan fingerprint density at radius 1 is 1.29 bits per heavy atom. The van der Waals surface area contributed by atoms with Crippen LogP contribution in [0.5, 0.6) is 0 Å². The SMILES string of the molecule is CCOC1CC1C(=O)N1CC(O)CC1c1ccc(C(F)(F)F)cc1. The Kier molecular flexibility index (Phi) is 4.57. The molecule has 1 N–H and O–H groups in total. The van der Waals surface area contributed by atoms with E-state index in [0.29, 0.717) is 25.0 Å². The van der Waals surface area contributed by atoms with E-state index < -0.39 is 23.9 Å². The van der Waals surface area contributed by atoms with Crippen LogP contribution in [0.2, 0.25) is 0 Å². The summed E-state index contributed by atoms with van der Waals surface area (Å²) in [5, 5.41) is 9.93. The third-order valence-electron chi connectivity index (χ3n) is 4.61. The number of β-amino-alcohol motifs (C(OH)–C–C–N with tert-alkyl or cyclic N) is 1. The molecule has 0 spiro atoms. The molecule has 3 rings (SSSR count). The molecule has 7 heteroatoms. The second-order valence-electron chi connectivity index (χ2n) is 6.35. The monoisotopic (exact) mass is 343 g/mol. The topological polar surface area (TPSA) is 49.8 Å². The zero-order valence-corrected chi connectivity index (χ0v) is 13.3. The van der Waals surface area contributed by atoms with E-state index in [1.807, 2.05) is 6.92 Å². The number of amides is 1. The van der Waals surface area contributed by atoms with Crippen LogP contribution in [0.15, 0.2) is 24.3 Å².